The van der Waals surface area contributed by atoms with Crippen molar-refractivity contribution in [3.05, 3.63) is 40.8 Å². The van der Waals surface area contributed by atoms with Crippen LogP contribution in [-0.4, -0.2) is 66.4 Å². The Balaban J connectivity index is 1.31. The number of nitrogens with two attached hydrogens (primary N) is 1. The number of nitrogens with zero attached hydrogens (tertiary/aromatic N) is 7. The first kappa shape index (κ1) is 27.6. The number of hydrogen-bond donors (Lipinski definition) is 2. The van der Waals surface area contributed by atoms with Crippen molar-refractivity contribution in [2.75, 3.05) is 17.7 Å². The highest BCUT2D eigenvalue weighted by atomic mass is 35.5. The number of anilines is 2. The fraction of sp³-hybridized carbons (Fsp3) is 0.462. The zero-order valence-electron chi connectivity index (χ0n) is 23.0. The summed E-state index contributed by atoms with van der Waals surface area (Å²) in [6, 6.07) is 5.08. The Hall–Kier alpha value is -3.97. The maximum absolute atomic E-state index is 13.4. The number of nitrogen functional groups attached to an aromatic ring is 1. The van der Waals surface area contributed by atoms with Gasteiger partial charge in [0.25, 0.3) is 5.91 Å². The Morgan fingerprint density at radius 3 is 2.77 bits per heavy atom. The fourth-order valence-electron chi connectivity index (χ4n) is 4.79. The molecule has 0 saturated heterocycles. The first-order valence-corrected chi connectivity index (χ1v) is 13.3. The summed E-state index contributed by atoms with van der Waals surface area (Å²) in [4.78, 5) is 31.7. The third-order valence-electron chi connectivity index (χ3n) is 6.72. The van der Waals surface area contributed by atoms with Gasteiger partial charge in [-0.3, -0.25) is 9.69 Å². The van der Waals surface area contributed by atoms with Gasteiger partial charge < -0.3 is 20.5 Å². The Bertz CT molecular complexity index is 1590. The van der Waals surface area contributed by atoms with E-state index in [2.05, 4.69) is 25.7 Å². The molecule has 1 fully saturated rings. The molecule has 2 atom stereocenters. The molecule has 4 aromatic rings. The first-order valence-electron chi connectivity index (χ1n) is 12.9. The summed E-state index contributed by atoms with van der Waals surface area (Å²) in [5.74, 6) is -0.375. The number of aryl methyl sites for hydroxylation is 1. The van der Waals surface area contributed by atoms with Crippen LogP contribution in [0.25, 0.3) is 16.7 Å². The molecule has 1 saturated carbocycles. The van der Waals surface area contributed by atoms with Crippen molar-refractivity contribution in [1.82, 2.24) is 34.9 Å². The van der Waals surface area contributed by atoms with Gasteiger partial charge in [0.1, 0.15) is 11.1 Å². The summed E-state index contributed by atoms with van der Waals surface area (Å²) in [6.45, 7) is 5.66. The molecule has 5 rings (SSSR count). The van der Waals surface area contributed by atoms with Gasteiger partial charge >= 0.3 is 6.09 Å². The van der Waals surface area contributed by atoms with Crippen LogP contribution in [0.5, 0.6) is 0 Å². The second kappa shape index (κ2) is 10.5. The lowest BCUT2D eigenvalue weighted by atomic mass is 10.1. The van der Waals surface area contributed by atoms with Gasteiger partial charge in [0.05, 0.1) is 41.8 Å². The molecule has 212 valence electrons. The van der Waals surface area contributed by atoms with Gasteiger partial charge in [-0.15, -0.1) is 5.10 Å². The lowest BCUT2D eigenvalue weighted by Crippen LogP contribution is -2.41. The van der Waals surface area contributed by atoms with Gasteiger partial charge in [0.2, 0.25) is 0 Å². The highest BCUT2D eigenvalue weighted by Gasteiger charge is 2.31. The molecule has 3 heterocycles. The van der Waals surface area contributed by atoms with E-state index < -0.39 is 11.7 Å². The zero-order chi connectivity index (χ0) is 28.8. The van der Waals surface area contributed by atoms with Gasteiger partial charge in [0, 0.05) is 20.2 Å². The Morgan fingerprint density at radius 1 is 1.25 bits per heavy atom. The van der Waals surface area contributed by atoms with Crippen molar-refractivity contribution < 1.29 is 19.1 Å². The Morgan fingerprint density at radius 2 is 2.02 bits per heavy atom. The maximum atomic E-state index is 13.4. The van der Waals surface area contributed by atoms with Gasteiger partial charge in [-0.1, -0.05) is 16.8 Å². The fourth-order valence-corrected chi connectivity index (χ4v) is 4.97. The standard InChI is InChI=1S/C26H32ClN9O4/c1-26(2,3)40-25(38)34(4)18-11-21(27)32-36-19(12-29-23(18)36)24(37)30-16-7-6-8-20(16)39-13-14-9-15(28)22-17(10-14)35(5)33-31-22/h9-12,16,20H,6-8,13,28H2,1-5H3,(H,30,37)/t16-,20-/m1/s1. The number of rotatable bonds is 6. The third kappa shape index (κ3) is 5.52. The van der Waals surface area contributed by atoms with Crippen LogP contribution in [0.2, 0.25) is 5.15 Å². The maximum Gasteiger partial charge on any atom is 0.414 e. The Labute approximate surface area is 235 Å². The molecule has 3 aromatic heterocycles. The van der Waals surface area contributed by atoms with E-state index in [4.69, 9.17) is 26.8 Å². The van der Waals surface area contributed by atoms with E-state index in [1.165, 1.54) is 21.7 Å². The van der Waals surface area contributed by atoms with Crippen molar-refractivity contribution in [2.45, 2.75) is 64.4 Å². The minimum absolute atomic E-state index is 0.0897. The number of halogens is 1. The minimum Gasteiger partial charge on any atom is -0.443 e. The topological polar surface area (TPSA) is 155 Å². The molecule has 0 bridgehead atoms. The van der Waals surface area contributed by atoms with Gasteiger partial charge in [-0.05, 0) is 57.7 Å². The second-order valence-electron chi connectivity index (χ2n) is 10.9. The van der Waals surface area contributed by atoms with E-state index in [0.717, 1.165) is 30.3 Å². The number of benzene rings is 1. The van der Waals surface area contributed by atoms with Crippen LogP contribution in [-0.2, 0) is 23.1 Å². The molecular formula is C26H32ClN9O4. The lowest BCUT2D eigenvalue weighted by molar-refractivity contribution is 0.0271. The second-order valence-corrected chi connectivity index (χ2v) is 11.3. The number of fused-ring (bicyclic) bond motifs is 2. The quantitative estimate of drug-likeness (QED) is 0.332. The number of aromatic nitrogens is 6. The summed E-state index contributed by atoms with van der Waals surface area (Å²) in [5.41, 5.74) is 9.21. The van der Waals surface area contributed by atoms with E-state index >= 15 is 0 Å². The van der Waals surface area contributed by atoms with Crippen LogP contribution in [0, 0.1) is 0 Å². The largest absolute Gasteiger partial charge is 0.443 e. The first-order chi connectivity index (χ1) is 18.9. The predicted molar refractivity (Wildman–Crippen MR) is 149 cm³/mol. The van der Waals surface area contributed by atoms with Gasteiger partial charge in [0.15, 0.2) is 16.5 Å². The molecule has 40 heavy (non-hydrogen) atoms. The van der Waals surface area contributed by atoms with Crippen LogP contribution in [0.15, 0.2) is 24.4 Å². The molecule has 14 heteroatoms. The third-order valence-corrected chi connectivity index (χ3v) is 6.90. The number of ether oxygens (including phenoxy) is 2. The molecule has 1 aliphatic carbocycles. The lowest BCUT2D eigenvalue weighted by Gasteiger charge is -2.24. The zero-order valence-corrected chi connectivity index (χ0v) is 23.8. The van der Waals surface area contributed by atoms with E-state index in [1.54, 1.807) is 32.5 Å². The van der Waals surface area contributed by atoms with E-state index in [9.17, 15) is 9.59 Å². The van der Waals surface area contributed by atoms with E-state index in [1.807, 2.05) is 19.2 Å². The summed E-state index contributed by atoms with van der Waals surface area (Å²) in [7, 11) is 3.35. The molecule has 3 N–H and O–H groups in total. The number of carbonyl (C=O) groups excluding carboxylic acids is 2. The molecular weight excluding hydrogens is 538 g/mol. The Kier molecular flexibility index (Phi) is 7.27. The summed E-state index contributed by atoms with van der Waals surface area (Å²) < 4.78 is 14.7. The molecule has 0 unspecified atom stereocenters. The average Bonchev–Trinajstić information content (AvgIpc) is 3.60. The predicted octanol–water partition coefficient (Wildman–Crippen LogP) is 3.49. The highest BCUT2D eigenvalue weighted by molar-refractivity contribution is 6.29. The van der Waals surface area contributed by atoms with Crippen LogP contribution >= 0.6 is 11.6 Å². The summed E-state index contributed by atoms with van der Waals surface area (Å²) >= 11 is 6.27. The smallest absolute Gasteiger partial charge is 0.414 e. The number of amides is 2. The van der Waals surface area contributed by atoms with Crippen LogP contribution < -0.4 is 16.0 Å². The number of nitrogens with one attached hydrogen (secondary N) is 1. The van der Waals surface area contributed by atoms with Crippen molar-refractivity contribution in [1.29, 1.82) is 0 Å². The van der Waals surface area contributed by atoms with Crippen molar-refractivity contribution >= 4 is 51.7 Å². The number of imidazole rings is 1. The molecule has 1 aliphatic rings. The molecule has 0 spiro atoms. The van der Waals surface area contributed by atoms with Crippen LogP contribution in [0.1, 0.15) is 56.1 Å². The van der Waals surface area contributed by atoms with Gasteiger partial charge in [-0.2, -0.15) is 5.10 Å². The highest BCUT2D eigenvalue weighted by Crippen LogP contribution is 2.28. The molecule has 1 aromatic carbocycles. The molecule has 13 nitrogen and oxygen atoms in total. The van der Waals surface area contributed by atoms with Gasteiger partial charge in [-0.25, -0.2) is 19.0 Å². The minimum atomic E-state index is -0.687. The van der Waals surface area contributed by atoms with E-state index in [0.29, 0.717) is 29.1 Å². The van der Waals surface area contributed by atoms with Crippen molar-refractivity contribution in [3.8, 4) is 0 Å². The molecule has 0 radical (unpaired) electrons. The number of carbonyl (C=O) groups is 2. The average molecular weight is 570 g/mol. The summed E-state index contributed by atoms with van der Waals surface area (Å²) in [5, 5.41) is 15.5. The molecule has 0 aliphatic heterocycles. The van der Waals surface area contributed by atoms with E-state index in [-0.39, 0.29) is 28.9 Å². The van der Waals surface area contributed by atoms with Crippen molar-refractivity contribution in [2.24, 2.45) is 7.05 Å². The number of hydrogen-bond acceptors (Lipinski definition) is 9. The van der Waals surface area contributed by atoms with Crippen LogP contribution in [0.4, 0.5) is 16.2 Å². The SMILES string of the molecule is CN(C(=O)OC(C)(C)C)c1cc(Cl)nn2c(C(=O)N[C@@H]3CCC[C@H]3OCc3cc(N)c4nnn(C)c4c3)cnc12. The monoisotopic (exact) mass is 569 g/mol. The van der Waals surface area contributed by atoms with Crippen molar-refractivity contribution in [3.63, 3.8) is 0 Å². The van der Waals surface area contributed by atoms with Crippen LogP contribution in [0.3, 0.4) is 0 Å². The normalized spacial score (nSPS) is 17.4. The summed E-state index contributed by atoms with van der Waals surface area (Å²) in [6.07, 6.45) is 3.11. The molecule has 2 amide bonds.